The summed E-state index contributed by atoms with van der Waals surface area (Å²) in [5.74, 6) is -0.149. The van der Waals surface area contributed by atoms with Gasteiger partial charge in [-0.2, -0.15) is 4.31 Å². The van der Waals surface area contributed by atoms with Crippen molar-refractivity contribution in [1.29, 1.82) is 5.41 Å². The Balaban J connectivity index is 2.24. The lowest BCUT2D eigenvalue weighted by Gasteiger charge is -2.31. The third-order valence-corrected chi connectivity index (χ3v) is 4.91. The highest BCUT2D eigenvalue weighted by Crippen LogP contribution is 2.19. The molecule has 0 aromatic heterocycles. The van der Waals surface area contributed by atoms with Gasteiger partial charge in [0, 0.05) is 13.1 Å². The fraction of sp³-hybridized carbons (Fsp3) is 0.417. The summed E-state index contributed by atoms with van der Waals surface area (Å²) in [4.78, 5) is 0.252. The molecule has 0 amide bonds. The number of hydrogen-bond acceptors (Lipinski definition) is 4. The van der Waals surface area contributed by atoms with Crippen molar-refractivity contribution in [3.8, 4) is 0 Å². The summed E-state index contributed by atoms with van der Waals surface area (Å²) in [5.41, 5.74) is 6.37. The molecule has 7 heteroatoms. The van der Waals surface area contributed by atoms with E-state index in [4.69, 9.17) is 15.9 Å². The summed E-state index contributed by atoms with van der Waals surface area (Å²) in [7, 11) is -3.54. The molecular formula is C12H17N3O3S. The third kappa shape index (κ3) is 2.94. The molecule has 0 bridgehead atoms. The SMILES string of the molecule is Cc1ccc(S(=O)(=O)N2CCOC(C(=N)N)C2)cc1. The first-order chi connectivity index (χ1) is 8.91. The smallest absolute Gasteiger partial charge is 0.243 e. The summed E-state index contributed by atoms with van der Waals surface area (Å²) in [6, 6.07) is 6.69. The zero-order valence-corrected chi connectivity index (χ0v) is 11.5. The summed E-state index contributed by atoms with van der Waals surface area (Å²) >= 11 is 0. The van der Waals surface area contributed by atoms with Crippen molar-refractivity contribution in [1.82, 2.24) is 4.31 Å². The van der Waals surface area contributed by atoms with E-state index in [1.54, 1.807) is 24.3 Å². The molecule has 1 unspecified atom stereocenters. The van der Waals surface area contributed by atoms with Crippen LogP contribution < -0.4 is 5.73 Å². The van der Waals surface area contributed by atoms with Gasteiger partial charge < -0.3 is 10.5 Å². The molecule has 3 N–H and O–H groups in total. The number of benzene rings is 1. The highest BCUT2D eigenvalue weighted by Gasteiger charge is 2.31. The van der Waals surface area contributed by atoms with Gasteiger partial charge in [-0.3, -0.25) is 5.41 Å². The number of morpholine rings is 1. The van der Waals surface area contributed by atoms with E-state index in [0.717, 1.165) is 5.56 Å². The molecule has 0 radical (unpaired) electrons. The maximum atomic E-state index is 12.4. The number of hydrogen-bond donors (Lipinski definition) is 2. The van der Waals surface area contributed by atoms with Crippen LogP contribution in [0.4, 0.5) is 0 Å². The number of rotatable bonds is 3. The Morgan fingerprint density at radius 3 is 2.63 bits per heavy atom. The second-order valence-corrected chi connectivity index (χ2v) is 6.43. The molecular weight excluding hydrogens is 266 g/mol. The van der Waals surface area contributed by atoms with E-state index in [1.165, 1.54) is 4.31 Å². The summed E-state index contributed by atoms with van der Waals surface area (Å²) < 4.78 is 31.4. The lowest BCUT2D eigenvalue weighted by molar-refractivity contribution is 0.0368. The van der Waals surface area contributed by atoms with Gasteiger partial charge in [-0.05, 0) is 19.1 Å². The number of nitrogens with zero attached hydrogens (tertiary/aromatic N) is 1. The average Bonchev–Trinajstić information content (AvgIpc) is 2.39. The van der Waals surface area contributed by atoms with Crippen molar-refractivity contribution < 1.29 is 13.2 Å². The Bertz CT molecular complexity index is 568. The zero-order valence-electron chi connectivity index (χ0n) is 10.7. The Morgan fingerprint density at radius 1 is 1.42 bits per heavy atom. The van der Waals surface area contributed by atoms with E-state index < -0.39 is 16.1 Å². The van der Waals surface area contributed by atoms with Crippen LogP contribution in [0.5, 0.6) is 0 Å². The van der Waals surface area contributed by atoms with Gasteiger partial charge in [0.25, 0.3) is 0 Å². The Hall–Kier alpha value is -1.44. The van der Waals surface area contributed by atoms with Crippen molar-refractivity contribution in [2.45, 2.75) is 17.9 Å². The largest absolute Gasteiger partial charge is 0.385 e. The first kappa shape index (κ1) is 14.0. The fourth-order valence-corrected chi connectivity index (χ4v) is 3.32. The van der Waals surface area contributed by atoms with Crippen LogP contribution in [0, 0.1) is 12.3 Å². The minimum absolute atomic E-state index is 0.0888. The lowest BCUT2D eigenvalue weighted by Crippen LogP contribution is -2.50. The second kappa shape index (κ2) is 5.28. The van der Waals surface area contributed by atoms with E-state index in [9.17, 15) is 8.42 Å². The average molecular weight is 283 g/mol. The molecule has 1 fully saturated rings. The molecule has 1 atom stereocenters. The topological polar surface area (TPSA) is 96.5 Å². The number of sulfonamides is 1. The number of nitrogens with two attached hydrogens (primary N) is 1. The first-order valence-electron chi connectivity index (χ1n) is 5.93. The molecule has 1 aromatic rings. The van der Waals surface area contributed by atoms with Gasteiger partial charge >= 0.3 is 0 Å². The van der Waals surface area contributed by atoms with E-state index in [2.05, 4.69) is 0 Å². The van der Waals surface area contributed by atoms with Crippen LogP contribution in [0.1, 0.15) is 5.56 Å². The zero-order chi connectivity index (χ0) is 14.0. The predicted molar refractivity (Wildman–Crippen MR) is 71.6 cm³/mol. The van der Waals surface area contributed by atoms with Gasteiger partial charge in [0.1, 0.15) is 11.9 Å². The molecule has 0 saturated carbocycles. The maximum absolute atomic E-state index is 12.4. The van der Waals surface area contributed by atoms with Crippen LogP contribution in [-0.2, 0) is 14.8 Å². The fourth-order valence-electron chi connectivity index (χ4n) is 1.89. The molecule has 1 aliphatic heterocycles. The molecule has 2 rings (SSSR count). The third-order valence-electron chi connectivity index (χ3n) is 3.03. The van der Waals surface area contributed by atoms with E-state index in [-0.39, 0.29) is 30.4 Å². The highest BCUT2D eigenvalue weighted by molar-refractivity contribution is 7.89. The van der Waals surface area contributed by atoms with Gasteiger partial charge in [0.15, 0.2) is 0 Å². The van der Waals surface area contributed by atoms with E-state index in [0.29, 0.717) is 0 Å². The Labute approximate surface area is 112 Å². The van der Waals surface area contributed by atoms with E-state index >= 15 is 0 Å². The van der Waals surface area contributed by atoms with Crippen molar-refractivity contribution in [3.05, 3.63) is 29.8 Å². The van der Waals surface area contributed by atoms with Crippen molar-refractivity contribution in [3.63, 3.8) is 0 Å². The second-order valence-electron chi connectivity index (χ2n) is 4.49. The summed E-state index contributed by atoms with van der Waals surface area (Å²) in [6.45, 7) is 2.51. The molecule has 1 aromatic carbocycles. The molecule has 1 saturated heterocycles. The van der Waals surface area contributed by atoms with Gasteiger partial charge in [-0.15, -0.1) is 0 Å². The maximum Gasteiger partial charge on any atom is 0.243 e. The lowest BCUT2D eigenvalue weighted by atomic mass is 10.2. The quantitative estimate of drug-likeness (QED) is 0.617. The molecule has 1 aliphatic rings. The van der Waals surface area contributed by atoms with Crippen LogP contribution in [-0.4, -0.2) is 44.4 Å². The predicted octanol–water partition coefficient (Wildman–Crippen LogP) is 0.320. The van der Waals surface area contributed by atoms with Crippen LogP contribution in [0.3, 0.4) is 0 Å². The van der Waals surface area contributed by atoms with Crippen LogP contribution in [0.2, 0.25) is 0 Å². The van der Waals surface area contributed by atoms with Gasteiger partial charge in [0.05, 0.1) is 11.5 Å². The standard InChI is InChI=1S/C12H17N3O3S/c1-9-2-4-10(5-3-9)19(16,17)15-6-7-18-11(8-15)12(13)14/h2-5,11H,6-8H2,1H3,(H3,13,14). The van der Waals surface area contributed by atoms with Crippen LogP contribution in [0.15, 0.2) is 29.2 Å². The number of ether oxygens (including phenoxy) is 1. The van der Waals surface area contributed by atoms with Crippen molar-refractivity contribution >= 4 is 15.9 Å². The monoisotopic (exact) mass is 283 g/mol. The van der Waals surface area contributed by atoms with Gasteiger partial charge in [-0.25, -0.2) is 8.42 Å². The molecule has 104 valence electrons. The molecule has 1 heterocycles. The minimum atomic E-state index is -3.54. The van der Waals surface area contributed by atoms with Gasteiger partial charge in [-0.1, -0.05) is 17.7 Å². The normalized spacial score (nSPS) is 21.2. The van der Waals surface area contributed by atoms with E-state index in [1.807, 2.05) is 6.92 Å². The summed E-state index contributed by atoms with van der Waals surface area (Å²) in [5, 5.41) is 7.35. The molecule has 0 aliphatic carbocycles. The Morgan fingerprint density at radius 2 is 2.05 bits per heavy atom. The van der Waals surface area contributed by atoms with Crippen LogP contribution >= 0.6 is 0 Å². The van der Waals surface area contributed by atoms with Gasteiger partial charge in [0.2, 0.25) is 10.0 Å². The van der Waals surface area contributed by atoms with Crippen molar-refractivity contribution in [2.75, 3.05) is 19.7 Å². The number of aryl methyl sites for hydroxylation is 1. The number of amidine groups is 1. The van der Waals surface area contributed by atoms with Crippen LogP contribution in [0.25, 0.3) is 0 Å². The molecule has 6 nitrogen and oxygen atoms in total. The number of nitrogens with one attached hydrogen (secondary N) is 1. The molecule has 19 heavy (non-hydrogen) atoms. The molecule has 0 spiro atoms. The van der Waals surface area contributed by atoms with Crippen molar-refractivity contribution in [2.24, 2.45) is 5.73 Å². The first-order valence-corrected chi connectivity index (χ1v) is 7.37. The Kier molecular flexibility index (Phi) is 3.88. The minimum Gasteiger partial charge on any atom is -0.385 e. The summed E-state index contributed by atoms with van der Waals surface area (Å²) in [6.07, 6.45) is -0.658. The highest BCUT2D eigenvalue weighted by atomic mass is 32.2.